The summed E-state index contributed by atoms with van der Waals surface area (Å²) in [6, 6.07) is 0. The first-order chi connectivity index (χ1) is 4.63. The third-order valence-electron chi connectivity index (χ3n) is 0.637. The molecule has 0 N–H and O–H groups in total. The Morgan fingerprint density at radius 2 is 1.90 bits per heavy atom. The van der Waals surface area contributed by atoms with Crippen LogP contribution in [0.1, 0.15) is 0 Å². The Morgan fingerprint density at radius 3 is 2.00 bits per heavy atom. The molecule has 64 valence electrons. The second-order valence-corrected chi connectivity index (χ2v) is 29.8. The summed E-state index contributed by atoms with van der Waals surface area (Å²) in [5, 5.41) is 0. The molecule has 1 aromatic heterocycles. The Kier molecular flexibility index (Phi) is 8.04. The molecule has 0 saturated heterocycles. The summed E-state index contributed by atoms with van der Waals surface area (Å²) < 4.78 is 1.89. The molecule has 0 unspecified atom stereocenters. The molecular formula is C4H6AuBr3N2. The van der Waals surface area contributed by atoms with Crippen molar-refractivity contribution in [3.63, 3.8) is 0 Å². The molecule has 2 nitrogen and oxygen atoms in total. The van der Waals surface area contributed by atoms with Crippen LogP contribution in [-0.2, 0) is 19.1 Å². The summed E-state index contributed by atoms with van der Waals surface area (Å²) in [5.41, 5.74) is 0. The summed E-state index contributed by atoms with van der Waals surface area (Å²) in [5.74, 6) is 0. The Labute approximate surface area is 85.4 Å². The van der Waals surface area contributed by atoms with Crippen LogP contribution in [0.5, 0.6) is 0 Å². The molecule has 0 radical (unpaired) electrons. The number of aryl methyl sites for hydroxylation is 1. The van der Waals surface area contributed by atoms with Crippen LogP contribution < -0.4 is 0 Å². The van der Waals surface area contributed by atoms with Crippen LogP contribution in [0.15, 0.2) is 18.7 Å². The number of rotatable bonds is 0. The average Bonchev–Trinajstić information content (AvgIpc) is 2.15. The minimum absolute atomic E-state index is 0.766. The van der Waals surface area contributed by atoms with E-state index in [4.69, 9.17) is 0 Å². The first-order valence-corrected chi connectivity index (χ1v) is 16.4. The van der Waals surface area contributed by atoms with E-state index in [0.29, 0.717) is 0 Å². The zero-order chi connectivity index (χ0) is 7.98. The average molecular weight is 519 g/mol. The molecule has 0 amide bonds. The molecule has 0 aliphatic rings. The van der Waals surface area contributed by atoms with Gasteiger partial charge in [0, 0.05) is 19.4 Å². The van der Waals surface area contributed by atoms with Gasteiger partial charge in [-0.1, -0.05) is 0 Å². The van der Waals surface area contributed by atoms with Crippen molar-refractivity contribution in [2.24, 2.45) is 7.05 Å². The second kappa shape index (κ2) is 7.06. The SMILES string of the molecule is Cn1ccnc1.[Br][Au]([Br])[Br]. The standard InChI is InChI=1S/C4H6N2.Au.3BrH/c1-6-3-2-5-4-6;;;;/h2-4H,1H3;;3*1H/q;+3;;;/p-3. The summed E-state index contributed by atoms with van der Waals surface area (Å²) in [6.45, 7) is 0. The van der Waals surface area contributed by atoms with Gasteiger partial charge in [0.1, 0.15) is 0 Å². The molecule has 1 heterocycles. The van der Waals surface area contributed by atoms with Gasteiger partial charge in [-0.3, -0.25) is 0 Å². The Morgan fingerprint density at radius 1 is 1.40 bits per heavy atom. The molecule has 0 spiro atoms. The van der Waals surface area contributed by atoms with Crippen LogP contribution in [0.4, 0.5) is 0 Å². The maximum absolute atomic E-state index is 3.78. The van der Waals surface area contributed by atoms with E-state index in [2.05, 4.69) is 44.1 Å². The maximum atomic E-state index is 3.78. The van der Waals surface area contributed by atoms with Gasteiger partial charge < -0.3 is 4.57 Å². The van der Waals surface area contributed by atoms with Crippen LogP contribution in [-0.4, -0.2) is 9.55 Å². The number of hydrogen-bond donors (Lipinski definition) is 0. The van der Waals surface area contributed by atoms with Gasteiger partial charge in [-0.25, -0.2) is 4.98 Å². The quantitative estimate of drug-likeness (QED) is 0.483. The van der Waals surface area contributed by atoms with Gasteiger partial charge in [-0.2, -0.15) is 0 Å². The minimum atomic E-state index is -0.766. The zero-order valence-corrected chi connectivity index (χ0v) is 12.0. The number of aromatic nitrogens is 2. The summed E-state index contributed by atoms with van der Waals surface area (Å²) in [4.78, 5) is 3.78. The fourth-order valence-electron chi connectivity index (χ4n) is 0.326. The Bertz CT molecular complexity index is 151. The van der Waals surface area contributed by atoms with E-state index in [1.54, 1.807) is 12.5 Å². The van der Waals surface area contributed by atoms with Crippen LogP contribution >= 0.6 is 39.1 Å². The van der Waals surface area contributed by atoms with Crippen LogP contribution in [0.25, 0.3) is 0 Å². The normalized spacial score (nSPS) is 9.80. The van der Waals surface area contributed by atoms with Crippen LogP contribution in [0.3, 0.4) is 0 Å². The van der Waals surface area contributed by atoms with E-state index < -0.39 is 12.0 Å². The fourth-order valence-corrected chi connectivity index (χ4v) is 0.326. The van der Waals surface area contributed by atoms with E-state index in [0.717, 1.165) is 0 Å². The molecule has 0 fully saturated rings. The van der Waals surface area contributed by atoms with Gasteiger partial charge in [0.2, 0.25) is 0 Å². The van der Waals surface area contributed by atoms with Crippen LogP contribution in [0, 0.1) is 0 Å². The van der Waals surface area contributed by atoms with Crippen molar-refractivity contribution in [1.29, 1.82) is 0 Å². The molecule has 1 aromatic rings. The summed E-state index contributed by atoms with van der Waals surface area (Å²) >= 11 is 8.99. The Balaban J connectivity index is 0.000000180. The van der Waals surface area contributed by atoms with Gasteiger partial charge in [-0.15, -0.1) is 0 Å². The van der Waals surface area contributed by atoms with Gasteiger partial charge >= 0.3 is 51.1 Å². The summed E-state index contributed by atoms with van der Waals surface area (Å²) in [7, 11) is 1.94. The van der Waals surface area contributed by atoms with Crippen molar-refractivity contribution < 1.29 is 12.0 Å². The van der Waals surface area contributed by atoms with Gasteiger partial charge in [0.05, 0.1) is 6.33 Å². The molecule has 10 heavy (non-hydrogen) atoms. The molecule has 1 rings (SSSR count). The van der Waals surface area contributed by atoms with E-state index in [-0.39, 0.29) is 0 Å². The Hall–Kier alpha value is 1.39. The predicted octanol–water partition coefficient (Wildman–Crippen LogP) is 2.95. The topological polar surface area (TPSA) is 17.8 Å². The van der Waals surface area contributed by atoms with Crippen LogP contribution in [0.2, 0.25) is 0 Å². The molecular weight excluding hydrogens is 513 g/mol. The molecule has 0 aliphatic heterocycles. The molecule has 0 aromatic carbocycles. The van der Waals surface area contributed by atoms with Crippen molar-refractivity contribution in [2.75, 3.05) is 0 Å². The molecule has 6 heteroatoms. The molecule has 0 saturated carbocycles. The first kappa shape index (κ1) is 11.4. The van der Waals surface area contributed by atoms with Gasteiger partial charge in [0.15, 0.2) is 0 Å². The molecule has 0 atom stereocenters. The van der Waals surface area contributed by atoms with Crippen molar-refractivity contribution in [1.82, 2.24) is 9.55 Å². The van der Waals surface area contributed by atoms with Crippen molar-refractivity contribution in [3.8, 4) is 0 Å². The van der Waals surface area contributed by atoms with Gasteiger partial charge in [0.25, 0.3) is 0 Å². The first-order valence-electron chi connectivity index (χ1n) is 2.16. The number of hydrogen-bond acceptors (Lipinski definition) is 1. The fraction of sp³-hybridized carbons (Fsp3) is 0.250. The van der Waals surface area contributed by atoms with Crippen molar-refractivity contribution >= 4 is 39.1 Å². The van der Waals surface area contributed by atoms with E-state index >= 15 is 0 Å². The number of imidazole rings is 1. The second-order valence-electron chi connectivity index (χ2n) is 1.36. The third kappa shape index (κ3) is 9.39. The summed E-state index contributed by atoms with van der Waals surface area (Å²) in [6.07, 6.45) is 5.39. The number of halogens is 3. The van der Waals surface area contributed by atoms with E-state index in [1.165, 1.54) is 0 Å². The van der Waals surface area contributed by atoms with E-state index in [9.17, 15) is 0 Å². The predicted molar refractivity (Wildman–Crippen MR) is 50.0 cm³/mol. The third-order valence-corrected chi connectivity index (χ3v) is 0.637. The molecule has 0 aliphatic carbocycles. The van der Waals surface area contributed by atoms with Crippen molar-refractivity contribution in [3.05, 3.63) is 18.7 Å². The molecule has 0 bridgehead atoms. The zero-order valence-electron chi connectivity index (χ0n) is 5.06. The van der Waals surface area contributed by atoms with Gasteiger partial charge in [-0.05, 0) is 0 Å². The monoisotopic (exact) mass is 516 g/mol. The van der Waals surface area contributed by atoms with Crippen molar-refractivity contribution in [2.45, 2.75) is 0 Å². The van der Waals surface area contributed by atoms with E-state index in [1.807, 2.05) is 17.8 Å². The number of nitrogens with zero attached hydrogens (tertiary/aromatic N) is 2.